The van der Waals surface area contributed by atoms with E-state index in [0.29, 0.717) is 16.6 Å². The van der Waals surface area contributed by atoms with Gasteiger partial charge < -0.3 is 10.6 Å². The van der Waals surface area contributed by atoms with Crippen molar-refractivity contribution in [3.05, 3.63) is 64.4 Å². The number of hydrogen-bond acceptors (Lipinski definition) is 2. The van der Waals surface area contributed by atoms with Crippen molar-refractivity contribution >= 4 is 34.5 Å². The molecule has 0 aromatic heterocycles. The first kappa shape index (κ1) is 14.8. The van der Waals surface area contributed by atoms with Crippen molar-refractivity contribution in [3.8, 4) is 0 Å². The van der Waals surface area contributed by atoms with Gasteiger partial charge in [-0.05, 0) is 48.0 Å². The number of halogens is 2. The molecule has 0 bridgehead atoms. The molecule has 0 saturated heterocycles. The third-order valence-electron chi connectivity index (χ3n) is 3.01. The Balaban J connectivity index is 2.17. The molecule has 0 aliphatic rings. The first-order valence-corrected chi connectivity index (χ1v) is 6.81. The van der Waals surface area contributed by atoms with E-state index in [1.807, 2.05) is 36.2 Å². The lowest BCUT2D eigenvalue weighted by Crippen LogP contribution is -2.17. The highest BCUT2D eigenvalue weighted by molar-refractivity contribution is 7.80. The van der Waals surface area contributed by atoms with Gasteiger partial charge in [-0.3, -0.25) is 0 Å². The SMILES string of the molecule is CN(Cc1cc(F)ccc1Cl)c1ccc(C(N)=S)cc1. The van der Waals surface area contributed by atoms with Crippen LogP contribution in [0.5, 0.6) is 0 Å². The zero-order valence-corrected chi connectivity index (χ0v) is 12.5. The predicted molar refractivity (Wildman–Crippen MR) is 85.8 cm³/mol. The van der Waals surface area contributed by atoms with Gasteiger partial charge in [0.15, 0.2) is 0 Å². The van der Waals surface area contributed by atoms with E-state index >= 15 is 0 Å². The molecule has 5 heteroatoms. The van der Waals surface area contributed by atoms with Crippen LogP contribution in [0.3, 0.4) is 0 Å². The Hall–Kier alpha value is -1.65. The van der Waals surface area contributed by atoms with Crippen LogP contribution in [0.2, 0.25) is 5.02 Å². The van der Waals surface area contributed by atoms with Gasteiger partial charge in [-0.1, -0.05) is 23.8 Å². The molecule has 0 fully saturated rings. The number of nitrogens with two attached hydrogens (primary N) is 1. The van der Waals surface area contributed by atoms with Gasteiger partial charge in [0.05, 0.1) is 0 Å². The molecule has 0 radical (unpaired) electrons. The summed E-state index contributed by atoms with van der Waals surface area (Å²) in [6.45, 7) is 0.517. The first-order chi connectivity index (χ1) is 9.47. The predicted octanol–water partition coefficient (Wildman–Crippen LogP) is 3.75. The molecule has 0 saturated carbocycles. The maximum absolute atomic E-state index is 13.2. The third-order valence-corrected chi connectivity index (χ3v) is 3.61. The second-order valence-corrected chi connectivity index (χ2v) is 5.35. The van der Waals surface area contributed by atoms with E-state index in [2.05, 4.69) is 0 Å². The lowest BCUT2D eigenvalue weighted by molar-refractivity contribution is 0.625. The zero-order chi connectivity index (χ0) is 14.7. The molecule has 0 atom stereocenters. The highest BCUT2D eigenvalue weighted by atomic mass is 35.5. The molecular weight excluding hydrogens is 295 g/mol. The smallest absolute Gasteiger partial charge is 0.123 e. The van der Waals surface area contributed by atoms with E-state index in [4.69, 9.17) is 29.6 Å². The molecule has 0 aliphatic carbocycles. The molecule has 2 aromatic carbocycles. The molecule has 0 unspecified atom stereocenters. The third kappa shape index (κ3) is 3.46. The summed E-state index contributed by atoms with van der Waals surface area (Å²) in [6, 6.07) is 11.9. The van der Waals surface area contributed by atoms with Crippen molar-refractivity contribution < 1.29 is 4.39 Å². The van der Waals surface area contributed by atoms with Gasteiger partial charge in [0.1, 0.15) is 10.8 Å². The summed E-state index contributed by atoms with van der Waals surface area (Å²) in [5, 5.41) is 0.554. The van der Waals surface area contributed by atoms with Gasteiger partial charge >= 0.3 is 0 Å². The van der Waals surface area contributed by atoms with Crippen molar-refractivity contribution in [3.63, 3.8) is 0 Å². The fraction of sp³-hybridized carbons (Fsp3) is 0.133. The van der Waals surface area contributed by atoms with E-state index < -0.39 is 0 Å². The highest BCUT2D eigenvalue weighted by Crippen LogP contribution is 2.22. The number of rotatable bonds is 4. The van der Waals surface area contributed by atoms with Crippen LogP contribution >= 0.6 is 23.8 Å². The van der Waals surface area contributed by atoms with Crippen molar-refractivity contribution in [1.82, 2.24) is 0 Å². The maximum Gasteiger partial charge on any atom is 0.123 e. The van der Waals surface area contributed by atoms with E-state index in [1.165, 1.54) is 12.1 Å². The van der Waals surface area contributed by atoms with Gasteiger partial charge in [-0.25, -0.2) is 4.39 Å². The number of thiocarbonyl (C=S) groups is 1. The Morgan fingerprint density at radius 2 is 1.90 bits per heavy atom. The molecule has 104 valence electrons. The Labute approximate surface area is 128 Å². The van der Waals surface area contributed by atoms with Gasteiger partial charge in [-0.15, -0.1) is 0 Å². The van der Waals surface area contributed by atoms with Gasteiger partial charge in [0.2, 0.25) is 0 Å². The minimum atomic E-state index is -0.290. The summed E-state index contributed by atoms with van der Waals surface area (Å²) in [5.74, 6) is -0.290. The molecule has 2 nitrogen and oxygen atoms in total. The van der Waals surface area contributed by atoms with Gasteiger partial charge in [0.25, 0.3) is 0 Å². The second-order valence-electron chi connectivity index (χ2n) is 4.50. The molecule has 0 amide bonds. The van der Waals surface area contributed by atoms with Crippen molar-refractivity contribution in [2.45, 2.75) is 6.54 Å². The summed E-state index contributed by atoms with van der Waals surface area (Å²) in [4.78, 5) is 2.34. The van der Waals surface area contributed by atoms with Gasteiger partial charge in [0, 0.05) is 29.9 Å². The monoisotopic (exact) mass is 308 g/mol. The molecule has 20 heavy (non-hydrogen) atoms. The highest BCUT2D eigenvalue weighted by Gasteiger charge is 2.07. The summed E-state index contributed by atoms with van der Waals surface area (Å²) >= 11 is 11.0. The van der Waals surface area contributed by atoms with E-state index in [-0.39, 0.29) is 5.82 Å². The number of anilines is 1. The largest absolute Gasteiger partial charge is 0.389 e. The Morgan fingerprint density at radius 3 is 2.50 bits per heavy atom. The van der Waals surface area contributed by atoms with Crippen LogP contribution in [0.4, 0.5) is 10.1 Å². The fourth-order valence-electron chi connectivity index (χ4n) is 1.89. The maximum atomic E-state index is 13.2. The van der Waals surface area contributed by atoms with Crippen LogP contribution in [-0.2, 0) is 6.54 Å². The van der Waals surface area contributed by atoms with Crippen molar-refractivity contribution in [1.29, 1.82) is 0 Å². The standard InChI is InChI=1S/C15H14ClFN2S/c1-19(9-11-8-12(17)4-7-14(11)16)13-5-2-10(3-6-13)15(18)20/h2-8H,9H2,1H3,(H2,18,20). The minimum Gasteiger partial charge on any atom is -0.389 e. The Bertz CT molecular complexity index is 628. The normalized spacial score (nSPS) is 10.3. The van der Waals surface area contributed by atoms with Crippen molar-refractivity contribution in [2.24, 2.45) is 5.73 Å². The minimum absolute atomic E-state index is 0.290. The van der Waals surface area contributed by atoms with E-state index in [9.17, 15) is 4.39 Å². The molecule has 0 aliphatic heterocycles. The number of benzene rings is 2. The average molecular weight is 309 g/mol. The molecule has 0 spiro atoms. The van der Waals surface area contributed by atoms with Crippen LogP contribution in [0.25, 0.3) is 0 Å². The molecule has 2 N–H and O–H groups in total. The number of nitrogens with zero attached hydrogens (tertiary/aromatic N) is 1. The molecule has 2 aromatic rings. The molecule has 0 heterocycles. The summed E-state index contributed by atoms with van der Waals surface area (Å²) in [7, 11) is 1.91. The van der Waals surface area contributed by atoms with Crippen LogP contribution in [0.15, 0.2) is 42.5 Å². The van der Waals surface area contributed by atoms with Crippen LogP contribution in [-0.4, -0.2) is 12.0 Å². The fourth-order valence-corrected chi connectivity index (χ4v) is 2.20. The summed E-state index contributed by atoms with van der Waals surface area (Å²) in [5.41, 5.74) is 8.10. The zero-order valence-electron chi connectivity index (χ0n) is 10.9. The summed E-state index contributed by atoms with van der Waals surface area (Å²) < 4.78 is 13.2. The summed E-state index contributed by atoms with van der Waals surface area (Å²) in [6.07, 6.45) is 0. The molecular formula is C15H14ClFN2S. The Kier molecular flexibility index (Phi) is 4.57. The van der Waals surface area contributed by atoms with Crippen LogP contribution in [0, 0.1) is 5.82 Å². The van der Waals surface area contributed by atoms with E-state index in [1.54, 1.807) is 6.07 Å². The quantitative estimate of drug-likeness (QED) is 0.872. The topological polar surface area (TPSA) is 29.3 Å². The second kappa shape index (κ2) is 6.20. The van der Waals surface area contributed by atoms with Crippen molar-refractivity contribution in [2.75, 3.05) is 11.9 Å². The number of hydrogen-bond donors (Lipinski definition) is 1. The van der Waals surface area contributed by atoms with Crippen LogP contribution < -0.4 is 10.6 Å². The molecule has 2 rings (SSSR count). The lowest BCUT2D eigenvalue weighted by Gasteiger charge is -2.20. The van der Waals surface area contributed by atoms with E-state index in [0.717, 1.165) is 16.8 Å². The lowest BCUT2D eigenvalue weighted by atomic mass is 10.1. The average Bonchev–Trinajstić information content (AvgIpc) is 2.43. The Morgan fingerprint density at radius 1 is 1.25 bits per heavy atom. The first-order valence-electron chi connectivity index (χ1n) is 6.02. The van der Waals surface area contributed by atoms with Gasteiger partial charge in [-0.2, -0.15) is 0 Å². The van der Waals surface area contributed by atoms with Crippen LogP contribution in [0.1, 0.15) is 11.1 Å².